The maximum atomic E-state index is 12.1. The van der Waals surface area contributed by atoms with Crippen LogP contribution in [0, 0.1) is 0 Å². The highest BCUT2D eigenvalue weighted by Crippen LogP contribution is 2.28. The quantitative estimate of drug-likeness (QED) is 0.786. The van der Waals surface area contributed by atoms with Gasteiger partial charge in [0.05, 0.1) is 26.4 Å². The predicted octanol–water partition coefficient (Wildman–Crippen LogP) is 2.26. The van der Waals surface area contributed by atoms with Gasteiger partial charge in [0.25, 0.3) is 5.91 Å². The molecule has 25 heavy (non-hydrogen) atoms. The molecule has 0 aliphatic carbocycles. The minimum atomic E-state index is -0.465. The van der Waals surface area contributed by atoms with Crippen molar-refractivity contribution in [2.45, 2.75) is 13.0 Å². The molecule has 132 valence electrons. The number of ether oxygens (including phenoxy) is 2. The maximum Gasteiger partial charge on any atom is 0.338 e. The minimum Gasteiger partial charge on any atom is -0.497 e. The summed E-state index contributed by atoms with van der Waals surface area (Å²) in [5.74, 6) is -0.179. The largest absolute Gasteiger partial charge is 0.497 e. The summed E-state index contributed by atoms with van der Waals surface area (Å²) in [6.45, 7) is 1.59. The minimum absolute atomic E-state index is 0.127. The first kappa shape index (κ1) is 18.5. The van der Waals surface area contributed by atoms with E-state index in [4.69, 9.17) is 14.6 Å². The van der Waals surface area contributed by atoms with Crippen molar-refractivity contribution in [3.63, 3.8) is 0 Å². The Morgan fingerprint density at radius 1 is 1.12 bits per heavy atom. The molecule has 2 aromatic carbocycles. The molecule has 0 unspecified atom stereocenters. The van der Waals surface area contributed by atoms with Crippen LogP contribution in [0.4, 0.5) is 0 Å². The van der Waals surface area contributed by atoms with Crippen molar-refractivity contribution in [2.75, 3.05) is 20.8 Å². The lowest BCUT2D eigenvalue weighted by atomic mass is 9.98. The molecule has 0 bridgehead atoms. The van der Waals surface area contributed by atoms with Crippen LogP contribution in [0.25, 0.3) is 11.1 Å². The molecular formula is C19H21NO5. The third-order valence-electron chi connectivity index (χ3n) is 3.74. The molecule has 0 spiro atoms. The standard InChI is InChI=1S/C19H21NO5/c1-12(11-21)20-18(22)14-6-4-13(5-7-14)16-9-8-15(24-2)10-17(16)19(23)25-3/h4-10,12,21H,11H2,1-3H3,(H,20,22)/t12-/m0/s1. The highest BCUT2D eigenvalue weighted by molar-refractivity contribution is 5.99. The summed E-state index contributed by atoms with van der Waals surface area (Å²) in [6, 6.07) is 11.7. The molecule has 0 radical (unpaired) electrons. The van der Waals surface area contributed by atoms with Gasteiger partial charge < -0.3 is 19.9 Å². The monoisotopic (exact) mass is 343 g/mol. The molecule has 2 rings (SSSR count). The second-order valence-electron chi connectivity index (χ2n) is 5.54. The summed E-state index contributed by atoms with van der Waals surface area (Å²) >= 11 is 0. The Morgan fingerprint density at radius 2 is 1.80 bits per heavy atom. The number of nitrogens with one attached hydrogen (secondary N) is 1. The van der Waals surface area contributed by atoms with Gasteiger partial charge >= 0.3 is 5.97 Å². The molecule has 0 aromatic heterocycles. The summed E-state index contributed by atoms with van der Waals surface area (Å²) in [6.07, 6.45) is 0. The highest BCUT2D eigenvalue weighted by Gasteiger charge is 2.15. The van der Waals surface area contributed by atoms with Gasteiger partial charge in [0.1, 0.15) is 5.75 Å². The Morgan fingerprint density at radius 3 is 2.36 bits per heavy atom. The van der Waals surface area contributed by atoms with Crippen molar-refractivity contribution in [3.8, 4) is 16.9 Å². The van der Waals surface area contributed by atoms with Crippen LogP contribution < -0.4 is 10.1 Å². The van der Waals surface area contributed by atoms with Crippen LogP contribution >= 0.6 is 0 Å². The molecule has 0 saturated heterocycles. The number of aliphatic hydroxyl groups excluding tert-OH is 1. The first-order chi connectivity index (χ1) is 12.0. The van der Waals surface area contributed by atoms with Gasteiger partial charge in [0.2, 0.25) is 0 Å². The molecule has 1 atom stereocenters. The number of benzene rings is 2. The molecule has 1 amide bonds. The SMILES string of the molecule is COC(=O)c1cc(OC)ccc1-c1ccc(C(=O)N[C@@H](C)CO)cc1. The molecular weight excluding hydrogens is 322 g/mol. The number of aliphatic hydroxyl groups is 1. The first-order valence-corrected chi connectivity index (χ1v) is 7.78. The van der Waals surface area contributed by atoms with Crippen LogP contribution in [0.2, 0.25) is 0 Å². The van der Waals surface area contributed by atoms with Crippen molar-refractivity contribution < 1.29 is 24.2 Å². The van der Waals surface area contributed by atoms with Crippen molar-refractivity contribution in [1.82, 2.24) is 5.32 Å². The molecule has 6 heteroatoms. The zero-order valence-corrected chi connectivity index (χ0v) is 14.4. The number of amides is 1. The summed E-state index contributed by atoms with van der Waals surface area (Å²) in [5.41, 5.74) is 2.31. The number of rotatable bonds is 6. The lowest BCUT2D eigenvalue weighted by molar-refractivity contribution is 0.0601. The Labute approximate surface area is 146 Å². The zero-order chi connectivity index (χ0) is 18.4. The van der Waals surface area contributed by atoms with E-state index >= 15 is 0 Å². The van der Waals surface area contributed by atoms with E-state index in [9.17, 15) is 9.59 Å². The molecule has 2 N–H and O–H groups in total. The average molecular weight is 343 g/mol. The molecule has 0 aliphatic heterocycles. The van der Waals surface area contributed by atoms with Crippen molar-refractivity contribution in [3.05, 3.63) is 53.6 Å². The van der Waals surface area contributed by atoms with E-state index < -0.39 is 5.97 Å². The highest BCUT2D eigenvalue weighted by atomic mass is 16.5. The third-order valence-corrected chi connectivity index (χ3v) is 3.74. The van der Waals surface area contributed by atoms with Gasteiger partial charge in [-0.3, -0.25) is 4.79 Å². The van der Waals surface area contributed by atoms with Gasteiger partial charge in [0, 0.05) is 11.6 Å². The Bertz CT molecular complexity index is 755. The molecule has 0 heterocycles. The second-order valence-corrected chi connectivity index (χ2v) is 5.54. The van der Waals surface area contributed by atoms with E-state index in [1.54, 1.807) is 49.4 Å². The summed E-state index contributed by atoms with van der Waals surface area (Å²) < 4.78 is 9.99. The van der Waals surface area contributed by atoms with E-state index in [-0.39, 0.29) is 18.6 Å². The van der Waals surface area contributed by atoms with Crippen molar-refractivity contribution in [1.29, 1.82) is 0 Å². The summed E-state index contributed by atoms with van der Waals surface area (Å²) in [5, 5.41) is 11.7. The fraction of sp³-hybridized carbons (Fsp3) is 0.263. The number of esters is 1. The second kappa shape index (κ2) is 8.30. The maximum absolute atomic E-state index is 12.1. The number of carbonyl (C=O) groups is 2. The molecule has 0 fully saturated rings. The van der Waals surface area contributed by atoms with E-state index in [0.29, 0.717) is 22.4 Å². The van der Waals surface area contributed by atoms with Crippen LogP contribution in [-0.2, 0) is 4.74 Å². The van der Waals surface area contributed by atoms with Crippen LogP contribution in [0.3, 0.4) is 0 Å². The topological polar surface area (TPSA) is 84.9 Å². The average Bonchev–Trinajstić information content (AvgIpc) is 2.66. The Kier molecular flexibility index (Phi) is 6.14. The first-order valence-electron chi connectivity index (χ1n) is 7.78. The fourth-order valence-electron chi connectivity index (χ4n) is 2.33. The number of carbonyl (C=O) groups excluding carboxylic acids is 2. The van der Waals surface area contributed by atoms with Gasteiger partial charge in [0.15, 0.2) is 0 Å². The smallest absolute Gasteiger partial charge is 0.338 e. The van der Waals surface area contributed by atoms with E-state index in [1.165, 1.54) is 14.2 Å². The van der Waals surface area contributed by atoms with E-state index in [2.05, 4.69) is 5.32 Å². The van der Waals surface area contributed by atoms with Gasteiger partial charge in [-0.25, -0.2) is 4.79 Å². The number of methoxy groups -OCH3 is 2. The molecule has 2 aromatic rings. The van der Waals surface area contributed by atoms with Crippen molar-refractivity contribution >= 4 is 11.9 Å². The van der Waals surface area contributed by atoms with E-state index in [1.807, 2.05) is 0 Å². The van der Waals surface area contributed by atoms with Gasteiger partial charge in [-0.1, -0.05) is 12.1 Å². The normalized spacial score (nSPS) is 11.5. The van der Waals surface area contributed by atoms with Crippen molar-refractivity contribution in [2.24, 2.45) is 0 Å². The van der Waals surface area contributed by atoms with Gasteiger partial charge in [-0.2, -0.15) is 0 Å². The number of hydrogen-bond donors (Lipinski definition) is 2. The van der Waals surface area contributed by atoms with E-state index in [0.717, 1.165) is 5.56 Å². The molecule has 0 aliphatic rings. The third kappa shape index (κ3) is 4.36. The summed E-state index contributed by atoms with van der Waals surface area (Å²) in [7, 11) is 2.85. The number of hydrogen-bond acceptors (Lipinski definition) is 5. The van der Waals surface area contributed by atoms with Crippen LogP contribution in [0.15, 0.2) is 42.5 Å². The zero-order valence-electron chi connectivity index (χ0n) is 14.4. The van der Waals surface area contributed by atoms with Crippen LogP contribution in [-0.4, -0.2) is 43.9 Å². The Balaban J connectivity index is 2.33. The van der Waals surface area contributed by atoms with Gasteiger partial charge in [-0.05, 0) is 48.4 Å². The lowest BCUT2D eigenvalue weighted by Gasteiger charge is -2.12. The lowest BCUT2D eigenvalue weighted by Crippen LogP contribution is -2.34. The van der Waals surface area contributed by atoms with Gasteiger partial charge in [-0.15, -0.1) is 0 Å². The molecule has 6 nitrogen and oxygen atoms in total. The predicted molar refractivity (Wildman–Crippen MR) is 93.8 cm³/mol. The molecule has 0 saturated carbocycles. The Hall–Kier alpha value is -2.86. The fourth-order valence-corrected chi connectivity index (χ4v) is 2.33. The van der Waals surface area contributed by atoms with Crippen LogP contribution in [0.5, 0.6) is 5.75 Å². The van der Waals surface area contributed by atoms with Crippen LogP contribution in [0.1, 0.15) is 27.6 Å². The summed E-state index contributed by atoms with van der Waals surface area (Å²) in [4.78, 5) is 24.1.